The van der Waals surface area contributed by atoms with E-state index < -0.39 is 31.2 Å². The van der Waals surface area contributed by atoms with E-state index >= 15 is 0 Å². The minimum absolute atomic E-state index is 0.0599. The van der Waals surface area contributed by atoms with Crippen LogP contribution in [-0.2, 0) is 9.47 Å². The monoisotopic (exact) mass is 258 g/mol. The smallest absolute Gasteiger partial charge is 0.404 e. The molecule has 0 saturated carbocycles. The van der Waals surface area contributed by atoms with Crippen LogP contribution < -0.4 is 11.5 Å². The third kappa shape index (κ3) is 4.60. The summed E-state index contributed by atoms with van der Waals surface area (Å²) in [6.45, 7) is -5.91. The van der Waals surface area contributed by atoms with Crippen molar-refractivity contribution in [2.24, 2.45) is 11.5 Å². The summed E-state index contributed by atoms with van der Waals surface area (Å²) in [7, 11) is 0. The van der Waals surface area contributed by atoms with Gasteiger partial charge < -0.3 is 26.0 Å². The zero-order valence-corrected chi connectivity index (χ0v) is 9.12. The first kappa shape index (κ1) is 8.62. The van der Waals surface area contributed by atoms with Crippen LogP contribution in [0.15, 0.2) is 24.3 Å². The van der Waals surface area contributed by atoms with Crippen LogP contribution in [0.2, 0.25) is 0 Å². The Labute approximate surface area is 109 Å². The molecule has 0 aliphatic heterocycles. The van der Waals surface area contributed by atoms with Crippen LogP contribution >= 0.6 is 0 Å². The molecule has 0 aliphatic rings. The largest absolute Gasteiger partial charge is 0.508 e. The van der Waals surface area contributed by atoms with Crippen molar-refractivity contribution in [2.75, 3.05) is 13.1 Å². The minimum Gasteiger partial charge on any atom is -0.508 e. The maximum absolute atomic E-state index is 10.8. The molecule has 0 aromatic heterocycles. The molecule has 0 fully saturated rings. The number of carbonyl (C=O) groups excluding carboxylic acids is 2. The summed E-state index contributed by atoms with van der Waals surface area (Å²) in [6.07, 6.45) is -2.97. The lowest BCUT2D eigenvalue weighted by Crippen LogP contribution is -2.23. The van der Waals surface area contributed by atoms with E-state index in [2.05, 4.69) is 9.47 Å². The molecule has 98 valence electrons. The van der Waals surface area contributed by atoms with Crippen molar-refractivity contribution in [1.29, 1.82) is 0 Å². The van der Waals surface area contributed by atoms with Crippen molar-refractivity contribution in [3.8, 4) is 5.75 Å². The average Bonchev–Trinajstić information content (AvgIpc) is 2.27. The van der Waals surface area contributed by atoms with Crippen LogP contribution in [0.5, 0.6) is 5.75 Å². The number of benzene rings is 1. The molecule has 1 rings (SSSR count). The first-order valence-electron chi connectivity index (χ1n) is 6.71. The highest BCUT2D eigenvalue weighted by Crippen LogP contribution is 2.19. The van der Waals surface area contributed by atoms with Crippen molar-refractivity contribution >= 4 is 12.2 Å². The minimum atomic E-state index is -2.96. The quantitative estimate of drug-likeness (QED) is 0.715. The molecule has 5 N–H and O–H groups in total. The fourth-order valence-electron chi connectivity index (χ4n) is 1.06. The van der Waals surface area contributed by atoms with E-state index in [0.717, 1.165) is 12.1 Å². The Hall–Kier alpha value is -2.44. The second kappa shape index (κ2) is 6.33. The molecule has 0 saturated heterocycles. The van der Waals surface area contributed by atoms with Gasteiger partial charge in [0.2, 0.25) is 0 Å². The number of aromatic hydroxyl groups is 1. The van der Waals surface area contributed by atoms with Crippen LogP contribution in [0.3, 0.4) is 0 Å². The number of rotatable bonds is 5. The topological polar surface area (TPSA) is 125 Å². The zero-order chi connectivity index (χ0) is 17.1. The Morgan fingerprint density at radius 1 is 1.17 bits per heavy atom. The number of phenols is 1. The maximum atomic E-state index is 10.8. The van der Waals surface area contributed by atoms with Gasteiger partial charge in [-0.1, -0.05) is 12.1 Å². The molecular weight excluding hydrogens is 240 g/mol. The number of primary amides is 2. The number of nitrogens with two attached hydrogens (primary N) is 2. The van der Waals surface area contributed by atoms with Crippen LogP contribution in [0, 0.1) is 0 Å². The fourth-order valence-corrected chi connectivity index (χ4v) is 1.06. The van der Waals surface area contributed by atoms with E-state index in [9.17, 15) is 14.7 Å². The lowest BCUT2D eigenvalue weighted by Gasteiger charge is -2.16. The summed E-state index contributed by atoms with van der Waals surface area (Å²) in [5.41, 5.74) is 9.47. The zero-order valence-electron chi connectivity index (χ0n) is 13.1. The molecule has 0 unspecified atom stereocenters. The molecule has 1 aromatic carbocycles. The standard InChI is InChI=1S/C11H14N2O5/c12-10(15)17-5-8(6-18-11(13)16)7-1-3-9(14)4-2-7/h1-4,8,14H,5-6H2,(H2,12,15)(H2,13,16)/i5D2,6D2. The van der Waals surface area contributed by atoms with Crippen molar-refractivity contribution in [3.05, 3.63) is 29.8 Å². The molecule has 0 aliphatic carbocycles. The molecule has 7 heteroatoms. The lowest BCUT2D eigenvalue weighted by atomic mass is 10.0. The number of carbonyl (C=O) groups is 2. The fraction of sp³-hybridized carbons (Fsp3) is 0.273. The van der Waals surface area contributed by atoms with E-state index in [4.69, 9.17) is 17.0 Å². The van der Waals surface area contributed by atoms with Crippen LogP contribution in [-0.4, -0.2) is 30.4 Å². The van der Waals surface area contributed by atoms with Crippen molar-refractivity contribution < 1.29 is 29.7 Å². The highest BCUT2D eigenvalue weighted by atomic mass is 16.6. The highest BCUT2D eigenvalue weighted by molar-refractivity contribution is 5.65. The Morgan fingerprint density at radius 3 is 2.00 bits per heavy atom. The summed E-state index contributed by atoms with van der Waals surface area (Å²) < 4.78 is 39.4. The number of phenolic OH excluding ortho intramolecular Hbond substituents is 1. The van der Waals surface area contributed by atoms with Gasteiger partial charge in [0.1, 0.15) is 18.9 Å². The predicted octanol–water partition coefficient (Wildman–Crippen LogP) is 0.666. The van der Waals surface area contributed by atoms with Gasteiger partial charge in [0.05, 0.1) is 11.4 Å². The number of hydrogen-bond acceptors (Lipinski definition) is 5. The molecular formula is C11H14N2O5. The molecule has 0 bridgehead atoms. The van der Waals surface area contributed by atoms with Crippen molar-refractivity contribution in [3.63, 3.8) is 0 Å². The van der Waals surface area contributed by atoms with Gasteiger partial charge >= 0.3 is 12.2 Å². The van der Waals surface area contributed by atoms with Gasteiger partial charge in [-0.3, -0.25) is 0 Å². The van der Waals surface area contributed by atoms with Crippen molar-refractivity contribution in [2.45, 2.75) is 5.92 Å². The molecule has 2 amide bonds. The molecule has 1 aromatic rings. The Morgan fingerprint density at radius 2 is 1.61 bits per heavy atom. The van der Waals surface area contributed by atoms with Gasteiger partial charge in [0.15, 0.2) is 0 Å². The van der Waals surface area contributed by atoms with Crippen molar-refractivity contribution in [1.82, 2.24) is 0 Å². The summed E-state index contributed by atoms with van der Waals surface area (Å²) in [5, 5.41) is 9.24. The van der Waals surface area contributed by atoms with Crippen LogP contribution in [0.4, 0.5) is 9.59 Å². The van der Waals surface area contributed by atoms with E-state index in [1.807, 2.05) is 0 Å². The molecule has 18 heavy (non-hydrogen) atoms. The molecule has 0 spiro atoms. The van der Waals surface area contributed by atoms with Gasteiger partial charge in [-0.05, 0) is 17.7 Å². The number of ether oxygens (including phenoxy) is 2. The maximum Gasteiger partial charge on any atom is 0.404 e. The Kier molecular flexibility index (Phi) is 3.03. The molecule has 0 atom stereocenters. The number of hydrogen-bond donors (Lipinski definition) is 3. The number of amides is 2. The van der Waals surface area contributed by atoms with Gasteiger partial charge in [-0.15, -0.1) is 0 Å². The van der Waals surface area contributed by atoms with Gasteiger partial charge in [0.25, 0.3) is 0 Å². The summed E-state index contributed by atoms with van der Waals surface area (Å²) in [6, 6.07) is 4.65. The first-order valence-corrected chi connectivity index (χ1v) is 4.71. The van der Waals surface area contributed by atoms with E-state index in [1.54, 1.807) is 0 Å². The second-order valence-corrected chi connectivity index (χ2v) is 3.10. The SMILES string of the molecule is [2H]C([2H])(OC(N)=O)C(c1ccc(O)cc1)C([2H])([2H])OC(N)=O. The van der Waals surface area contributed by atoms with Gasteiger partial charge in [0, 0.05) is 0 Å². The Bertz CT molecular complexity index is 536. The van der Waals surface area contributed by atoms with Crippen LogP contribution in [0.25, 0.3) is 0 Å². The summed E-state index contributed by atoms with van der Waals surface area (Å²) in [5.74, 6) is -2.06. The van der Waals surface area contributed by atoms with E-state index in [1.165, 1.54) is 12.1 Å². The first-order chi connectivity index (χ1) is 9.95. The summed E-state index contributed by atoms with van der Waals surface area (Å²) >= 11 is 0. The van der Waals surface area contributed by atoms with E-state index in [-0.39, 0.29) is 11.3 Å². The predicted molar refractivity (Wildman–Crippen MR) is 61.9 cm³/mol. The van der Waals surface area contributed by atoms with Gasteiger partial charge in [-0.25, -0.2) is 9.59 Å². The van der Waals surface area contributed by atoms with Gasteiger partial charge in [-0.2, -0.15) is 0 Å². The molecule has 0 heterocycles. The second-order valence-electron chi connectivity index (χ2n) is 3.10. The third-order valence-corrected chi connectivity index (χ3v) is 1.78. The van der Waals surface area contributed by atoms with Crippen LogP contribution in [0.1, 0.15) is 17.0 Å². The molecule has 0 radical (unpaired) electrons. The summed E-state index contributed by atoms with van der Waals surface area (Å²) in [4.78, 5) is 21.6. The normalized spacial score (nSPS) is 14.9. The third-order valence-electron chi connectivity index (χ3n) is 1.78. The Balaban J connectivity index is 3.34. The average molecular weight is 258 g/mol. The lowest BCUT2D eigenvalue weighted by molar-refractivity contribution is 0.116. The molecule has 7 nitrogen and oxygen atoms in total. The highest BCUT2D eigenvalue weighted by Gasteiger charge is 2.15. The van der Waals surface area contributed by atoms with E-state index in [0.29, 0.717) is 0 Å².